The van der Waals surface area contributed by atoms with Crippen LogP contribution < -0.4 is 0 Å². The predicted molar refractivity (Wildman–Crippen MR) is 79.9 cm³/mol. The standard InChI is InChI=1S/C14H29BrN2/c1-12(2)13(10-15)11-16-6-8-17(9-7-16)14(3,4)5/h12-13H,6-11H2,1-5H3. The van der Waals surface area contributed by atoms with Crippen LogP contribution in [0.4, 0.5) is 0 Å². The zero-order chi connectivity index (χ0) is 13.1. The van der Waals surface area contributed by atoms with Crippen molar-refractivity contribution >= 4 is 15.9 Å². The summed E-state index contributed by atoms with van der Waals surface area (Å²) in [5, 5.41) is 1.13. The Bertz CT molecular complexity index is 215. The number of hydrogen-bond acceptors (Lipinski definition) is 2. The van der Waals surface area contributed by atoms with Gasteiger partial charge >= 0.3 is 0 Å². The Labute approximate surface area is 116 Å². The molecule has 1 saturated heterocycles. The molecule has 2 nitrogen and oxygen atoms in total. The van der Waals surface area contributed by atoms with Crippen molar-refractivity contribution in [2.45, 2.75) is 40.2 Å². The number of rotatable bonds is 4. The van der Waals surface area contributed by atoms with E-state index in [1.165, 1.54) is 32.7 Å². The summed E-state index contributed by atoms with van der Waals surface area (Å²) in [7, 11) is 0. The molecule has 1 heterocycles. The van der Waals surface area contributed by atoms with Gasteiger partial charge in [-0.05, 0) is 32.6 Å². The van der Waals surface area contributed by atoms with Crippen LogP contribution >= 0.6 is 15.9 Å². The summed E-state index contributed by atoms with van der Waals surface area (Å²) in [4.78, 5) is 5.23. The molecule has 1 rings (SSSR count). The van der Waals surface area contributed by atoms with E-state index in [2.05, 4.69) is 60.3 Å². The summed E-state index contributed by atoms with van der Waals surface area (Å²) < 4.78 is 0. The molecule has 0 amide bonds. The third-order valence-electron chi connectivity index (χ3n) is 3.95. The Kier molecular flexibility index (Phi) is 5.94. The third-order valence-corrected chi connectivity index (χ3v) is 4.79. The second-order valence-corrected chi connectivity index (χ2v) is 7.26. The highest BCUT2D eigenvalue weighted by Crippen LogP contribution is 2.19. The largest absolute Gasteiger partial charge is 0.300 e. The Morgan fingerprint density at radius 2 is 1.59 bits per heavy atom. The third kappa shape index (κ3) is 4.88. The maximum atomic E-state index is 3.65. The van der Waals surface area contributed by atoms with Crippen LogP contribution in [0.2, 0.25) is 0 Å². The number of alkyl halides is 1. The minimum atomic E-state index is 0.332. The quantitative estimate of drug-likeness (QED) is 0.737. The van der Waals surface area contributed by atoms with E-state index in [0.717, 1.165) is 17.2 Å². The van der Waals surface area contributed by atoms with Crippen LogP contribution in [-0.4, -0.2) is 53.4 Å². The molecule has 0 aromatic heterocycles. The van der Waals surface area contributed by atoms with Gasteiger partial charge in [-0.25, -0.2) is 0 Å². The molecule has 0 radical (unpaired) electrons. The minimum absolute atomic E-state index is 0.332. The Hall–Kier alpha value is 0.400. The lowest BCUT2D eigenvalue weighted by atomic mass is 9.97. The summed E-state index contributed by atoms with van der Waals surface area (Å²) in [5.74, 6) is 1.56. The molecule has 0 aliphatic carbocycles. The number of halogens is 1. The molecule has 0 spiro atoms. The van der Waals surface area contributed by atoms with Crippen LogP contribution in [-0.2, 0) is 0 Å². The van der Waals surface area contributed by atoms with E-state index < -0.39 is 0 Å². The smallest absolute Gasteiger partial charge is 0.0126 e. The SMILES string of the molecule is CC(C)C(CBr)CN1CCN(C(C)(C)C)CC1. The molecule has 0 aromatic rings. The number of nitrogens with zero attached hydrogens (tertiary/aromatic N) is 2. The summed E-state index contributed by atoms with van der Waals surface area (Å²) in [6, 6.07) is 0. The molecule has 17 heavy (non-hydrogen) atoms. The average Bonchev–Trinajstić information content (AvgIpc) is 2.25. The first-order valence-electron chi connectivity index (χ1n) is 6.88. The monoisotopic (exact) mass is 304 g/mol. The van der Waals surface area contributed by atoms with Crippen molar-refractivity contribution < 1.29 is 0 Å². The molecule has 1 fully saturated rings. The fourth-order valence-electron chi connectivity index (χ4n) is 2.37. The Balaban J connectivity index is 2.37. The molecule has 0 aromatic carbocycles. The van der Waals surface area contributed by atoms with Gasteiger partial charge in [-0.3, -0.25) is 4.90 Å². The van der Waals surface area contributed by atoms with E-state index in [-0.39, 0.29) is 0 Å². The van der Waals surface area contributed by atoms with Gasteiger partial charge in [-0.1, -0.05) is 29.8 Å². The van der Waals surface area contributed by atoms with Crippen molar-refractivity contribution in [1.29, 1.82) is 0 Å². The molecule has 1 unspecified atom stereocenters. The van der Waals surface area contributed by atoms with Crippen molar-refractivity contribution in [2.24, 2.45) is 11.8 Å². The highest BCUT2D eigenvalue weighted by Gasteiger charge is 2.27. The highest BCUT2D eigenvalue weighted by molar-refractivity contribution is 9.09. The van der Waals surface area contributed by atoms with Gasteiger partial charge in [-0.15, -0.1) is 0 Å². The summed E-state index contributed by atoms with van der Waals surface area (Å²) in [5.41, 5.74) is 0.332. The minimum Gasteiger partial charge on any atom is -0.300 e. The van der Waals surface area contributed by atoms with E-state index in [1.807, 2.05) is 0 Å². The van der Waals surface area contributed by atoms with Crippen molar-refractivity contribution in [3.05, 3.63) is 0 Å². The van der Waals surface area contributed by atoms with Crippen LogP contribution in [0.1, 0.15) is 34.6 Å². The second kappa shape index (κ2) is 6.53. The van der Waals surface area contributed by atoms with Crippen molar-refractivity contribution in [3.63, 3.8) is 0 Å². The molecule has 1 aliphatic heterocycles. The predicted octanol–water partition coefficient (Wildman–Crippen LogP) is 3.07. The first-order valence-corrected chi connectivity index (χ1v) is 8.00. The van der Waals surface area contributed by atoms with Crippen LogP contribution in [0.3, 0.4) is 0 Å². The lowest BCUT2D eigenvalue weighted by molar-refractivity contribution is 0.0536. The molecule has 102 valence electrons. The first-order chi connectivity index (χ1) is 7.84. The molecule has 0 saturated carbocycles. The van der Waals surface area contributed by atoms with Crippen LogP contribution in [0.25, 0.3) is 0 Å². The van der Waals surface area contributed by atoms with Gasteiger partial charge < -0.3 is 4.90 Å². The van der Waals surface area contributed by atoms with Gasteiger partial charge in [0.25, 0.3) is 0 Å². The molecular weight excluding hydrogens is 276 g/mol. The Morgan fingerprint density at radius 3 is 1.94 bits per heavy atom. The normalized spacial score (nSPS) is 22.1. The van der Waals surface area contributed by atoms with Crippen molar-refractivity contribution in [2.75, 3.05) is 38.1 Å². The van der Waals surface area contributed by atoms with E-state index in [4.69, 9.17) is 0 Å². The van der Waals surface area contributed by atoms with Crippen LogP contribution in [0.5, 0.6) is 0 Å². The summed E-state index contributed by atoms with van der Waals surface area (Å²) in [6.45, 7) is 17.8. The summed E-state index contributed by atoms with van der Waals surface area (Å²) in [6.07, 6.45) is 0. The van der Waals surface area contributed by atoms with Gasteiger partial charge in [0, 0.05) is 43.6 Å². The van der Waals surface area contributed by atoms with Gasteiger partial charge in [0.1, 0.15) is 0 Å². The zero-order valence-electron chi connectivity index (χ0n) is 12.2. The summed E-state index contributed by atoms with van der Waals surface area (Å²) >= 11 is 3.65. The number of piperazine rings is 1. The van der Waals surface area contributed by atoms with Crippen LogP contribution in [0.15, 0.2) is 0 Å². The molecule has 1 atom stereocenters. The fourth-order valence-corrected chi connectivity index (χ4v) is 3.32. The lowest BCUT2D eigenvalue weighted by Gasteiger charge is -2.43. The number of hydrogen-bond donors (Lipinski definition) is 0. The average molecular weight is 305 g/mol. The lowest BCUT2D eigenvalue weighted by Crippen LogP contribution is -2.54. The van der Waals surface area contributed by atoms with E-state index in [0.29, 0.717) is 5.54 Å². The topological polar surface area (TPSA) is 6.48 Å². The van der Waals surface area contributed by atoms with Crippen molar-refractivity contribution in [3.8, 4) is 0 Å². The van der Waals surface area contributed by atoms with Gasteiger partial charge in [0.05, 0.1) is 0 Å². The molecule has 0 N–H and O–H groups in total. The van der Waals surface area contributed by atoms with E-state index in [1.54, 1.807) is 0 Å². The van der Waals surface area contributed by atoms with E-state index >= 15 is 0 Å². The van der Waals surface area contributed by atoms with E-state index in [9.17, 15) is 0 Å². The Morgan fingerprint density at radius 1 is 1.06 bits per heavy atom. The van der Waals surface area contributed by atoms with Gasteiger partial charge in [0.15, 0.2) is 0 Å². The molecule has 1 aliphatic rings. The van der Waals surface area contributed by atoms with Gasteiger partial charge in [0.2, 0.25) is 0 Å². The maximum Gasteiger partial charge on any atom is 0.0126 e. The molecule has 0 bridgehead atoms. The second-order valence-electron chi connectivity index (χ2n) is 6.62. The fraction of sp³-hybridized carbons (Fsp3) is 1.00. The van der Waals surface area contributed by atoms with Gasteiger partial charge in [-0.2, -0.15) is 0 Å². The highest BCUT2D eigenvalue weighted by atomic mass is 79.9. The molecular formula is C14H29BrN2. The van der Waals surface area contributed by atoms with Crippen molar-refractivity contribution in [1.82, 2.24) is 9.80 Å². The maximum absolute atomic E-state index is 3.65. The van der Waals surface area contributed by atoms with Crippen LogP contribution in [0, 0.1) is 11.8 Å². The first kappa shape index (κ1) is 15.5. The zero-order valence-corrected chi connectivity index (χ0v) is 13.8. The molecule has 3 heteroatoms.